The Bertz CT molecular complexity index is 1210. The number of nitrogens with zero attached hydrogens (tertiary/aromatic N) is 3. The van der Waals surface area contributed by atoms with Gasteiger partial charge in [-0.15, -0.1) is 0 Å². The van der Waals surface area contributed by atoms with E-state index in [-0.39, 0.29) is 11.2 Å². The van der Waals surface area contributed by atoms with Gasteiger partial charge in [0.05, 0.1) is 24.4 Å². The van der Waals surface area contributed by atoms with Crippen LogP contribution in [0.1, 0.15) is 22.9 Å². The zero-order chi connectivity index (χ0) is 20.7. The molecule has 0 saturated carbocycles. The fourth-order valence-corrected chi connectivity index (χ4v) is 3.81. The molecule has 2 aromatic carbocycles. The number of aromatic nitrogens is 2. The summed E-state index contributed by atoms with van der Waals surface area (Å²) in [5.41, 5.74) is 2.25. The topological polar surface area (TPSA) is 56.5 Å². The Morgan fingerprint density at radius 2 is 1.59 bits per heavy atom. The van der Waals surface area contributed by atoms with Gasteiger partial charge in [-0.2, -0.15) is 0 Å². The number of rotatable bonds is 3. The Hall–Kier alpha value is -3.25. The maximum atomic E-state index is 13.2. The monoisotopic (exact) mass is 409 g/mol. The first-order valence-corrected chi connectivity index (χ1v) is 9.46. The Labute approximate surface area is 172 Å². The van der Waals surface area contributed by atoms with E-state index in [0.29, 0.717) is 16.3 Å². The number of anilines is 1. The van der Waals surface area contributed by atoms with Crippen LogP contribution in [-0.4, -0.2) is 16.2 Å². The predicted molar refractivity (Wildman–Crippen MR) is 115 cm³/mol. The average molecular weight is 410 g/mol. The molecule has 0 aliphatic carbocycles. The molecule has 0 bridgehead atoms. The number of halogens is 1. The quantitative estimate of drug-likeness (QED) is 0.665. The van der Waals surface area contributed by atoms with Gasteiger partial charge in [-0.25, -0.2) is 4.79 Å². The highest BCUT2D eigenvalue weighted by atomic mass is 35.5. The van der Waals surface area contributed by atoms with Crippen LogP contribution in [0.25, 0.3) is 6.08 Å². The van der Waals surface area contributed by atoms with E-state index >= 15 is 0 Å². The molecular weight excluding hydrogens is 390 g/mol. The second-order valence-corrected chi connectivity index (χ2v) is 7.32. The minimum Gasteiger partial charge on any atom is -0.497 e. The van der Waals surface area contributed by atoms with Crippen LogP contribution in [0.15, 0.2) is 64.3 Å². The zero-order valence-electron chi connectivity index (χ0n) is 16.3. The fourth-order valence-electron chi connectivity index (χ4n) is 3.68. The molecule has 1 aliphatic rings. The minimum absolute atomic E-state index is 0.314. The molecule has 29 heavy (non-hydrogen) atoms. The van der Waals surface area contributed by atoms with Gasteiger partial charge in [-0.3, -0.25) is 13.9 Å². The molecule has 1 unspecified atom stereocenters. The molecular formula is C22H20ClN3O3. The van der Waals surface area contributed by atoms with Gasteiger partial charge in [0.1, 0.15) is 5.75 Å². The van der Waals surface area contributed by atoms with Crippen molar-refractivity contribution in [1.29, 1.82) is 0 Å². The Morgan fingerprint density at radius 3 is 2.21 bits per heavy atom. The molecule has 0 spiro atoms. The first-order valence-electron chi connectivity index (χ1n) is 9.08. The van der Waals surface area contributed by atoms with E-state index < -0.39 is 6.04 Å². The Balaban J connectivity index is 1.98. The highest BCUT2D eigenvalue weighted by Gasteiger charge is 2.31. The molecule has 1 aliphatic heterocycles. The third-order valence-corrected chi connectivity index (χ3v) is 5.50. The Kier molecular flexibility index (Phi) is 4.80. The standard InChI is InChI=1S/C22H20ClN3O3/c1-24-18-12-13-26(16-8-10-17(29-3)11-9-16)20(14-4-6-15(23)7-5-14)19(18)21(27)25(2)22(24)28/h4-13,20H,1-3H3. The maximum Gasteiger partial charge on any atom is 0.330 e. The van der Waals surface area contributed by atoms with Gasteiger partial charge in [-0.1, -0.05) is 23.7 Å². The lowest BCUT2D eigenvalue weighted by atomic mass is 9.93. The lowest BCUT2D eigenvalue weighted by Gasteiger charge is -2.35. The smallest absolute Gasteiger partial charge is 0.330 e. The summed E-state index contributed by atoms with van der Waals surface area (Å²) < 4.78 is 7.91. The summed E-state index contributed by atoms with van der Waals surface area (Å²) >= 11 is 6.09. The van der Waals surface area contributed by atoms with Crippen molar-refractivity contribution in [3.05, 3.63) is 97.4 Å². The number of benzene rings is 2. The number of methoxy groups -OCH3 is 1. The molecule has 7 heteroatoms. The van der Waals surface area contributed by atoms with Crippen molar-refractivity contribution in [3.63, 3.8) is 0 Å². The zero-order valence-corrected chi connectivity index (χ0v) is 17.1. The van der Waals surface area contributed by atoms with Crippen LogP contribution in [0.4, 0.5) is 5.69 Å². The SMILES string of the molecule is COc1ccc(N2C=Cc3c(c(=O)n(C)c(=O)n3C)C2c2ccc(Cl)cc2)cc1. The molecule has 4 rings (SSSR count). The third-order valence-electron chi connectivity index (χ3n) is 5.25. The summed E-state index contributed by atoms with van der Waals surface area (Å²) in [5.74, 6) is 0.747. The molecule has 0 saturated heterocycles. The van der Waals surface area contributed by atoms with Crippen LogP contribution in [0, 0.1) is 0 Å². The van der Waals surface area contributed by atoms with Crippen LogP contribution in [-0.2, 0) is 14.1 Å². The number of hydrogen-bond donors (Lipinski definition) is 0. The summed E-state index contributed by atoms with van der Waals surface area (Å²) in [5, 5.41) is 0.615. The van der Waals surface area contributed by atoms with Crippen molar-refractivity contribution >= 4 is 23.4 Å². The molecule has 0 radical (unpaired) electrons. The molecule has 148 valence electrons. The van der Waals surface area contributed by atoms with E-state index in [1.165, 1.54) is 11.6 Å². The second-order valence-electron chi connectivity index (χ2n) is 6.88. The van der Waals surface area contributed by atoms with Crippen molar-refractivity contribution < 1.29 is 4.74 Å². The molecule has 0 fully saturated rings. The lowest BCUT2D eigenvalue weighted by Crippen LogP contribution is -2.44. The van der Waals surface area contributed by atoms with Gasteiger partial charge in [-0.05, 0) is 48.0 Å². The van der Waals surface area contributed by atoms with Gasteiger partial charge in [0.15, 0.2) is 0 Å². The number of fused-ring (bicyclic) bond motifs is 1. The van der Waals surface area contributed by atoms with E-state index in [1.54, 1.807) is 32.4 Å². The second kappa shape index (κ2) is 7.29. The highest BCUT2D eigenvalue weighted by Crippen LogP contribution is 2.37. The minimum atomic E-state index is -0.411. The fraction of sp³-hybridized carbons (Fsp3) is 0.182. The lowest BCUT2D eigenvalue weighted by molar-refractivity contribution is 0.415. The average Bonchev–Trinajstić information content (AvgIpc) is 2.76. The number of ether oxygens (including phenoxy) is 1. The molecule has 6 nitrogen and oxygen atoms in total. The van der Waals surface area contributed by atoms with Gasteiger partial charge < -0.3 is 9.64 Å². The van der Waals surface area contributed by atoms with Crippen molar-refractivity contribution in [1.82, 2.24) is 9.13 Å². The summed E-state index contributed by atoms with van der Waals surface area (Å²) in [6.45, 7) is 0. The van der Waals surface area contributed by atoms with E-state index in [4.69, 9.17) is 16.3 Å². The van der Waals surface area contributed by atoms with Crippen LogP contribution in [0.3, 0.4) is 0 Å². The Morgan fingerprint density at radius 1 is 0.931 bits per heavy atom. The van der Waals surface area contributed by atoms with Crippen molar-refractivity contribution in [2.75, 3.05) is 12.0 Å². The highest BCUT2D eigenvalue weighted by molar-refractivity contribution is 6.30. The largest absolute Gasteiger partial charge is 0.497 e. The predicted octanol–water partition coefficient (Wildman–Crippen LogP) is 3.33. The van der Waals surface area contributed by atoms with E-state index in [2.05, 4.69) is 0 Å². The van der Waals surface area contributed by atoms with Crippen molar-refractivity contribution in [3.8, 4) is 5.75 Å². The van der Waals surface area contributed by atoms with Crippen molar-refractivity contribution in [2.24, 2.45) is 14.1 Å². The van der Waals surface area contributed by atoms with Crippen molar-refractivity contribution in [2.45, 2.75) is 6.04 Å². The van der Waals surface area contributed by atoms with E-state index in [0.717, 1.165) is 21.6 Å². The van der Waals surface area contributed by atoms with Crippen LogP contribution >= 0.6 is 11.6 Å². The summed E-state index contributed by atoms with van der Waals surface area (Å²) in [6.07, 6.45) is 3.69. The first kappa shape index (κ1) is 19.1. The van der Waals surface area contributed by atoms with Gasteiger partial charge in [0.2, 0.25) is 0 Å². The van der Waals surface area contributed by atoms with Crippen LogP contribution in [0.5, 0.6) is 5.75 Å². The molecule has 1 aromatic heterocycles. The molecule has 0 N–H and O–H groups in total. The first-order chi connectivity index (χ1) is 13.9. The maximum absolute atomic E-state index is 13.2. The molecule has 2 heterocycles. The number of hydrogen-bond acceptors (Lipinski definition) is 4. The summed E-state index contributed by atoms with van der Waals surface area (Å²) in [7, 11) is 4.79. The van der Waals surface area contributed by atoms with Gasteiger partial charge >= 0.3 is 5.69 Å². The normalized spacial score (nSPS) is 15.3. The molecule has 3 aromatic rings. The van der Waals surface area contributed by atoms with E-state index in [1.807, 2.05) is 47.5 Å². The van der Waals surface area contributed by atoms with Crippen LogP contribution in [0.2, 0.25) is 5.02 Å². The summed E-state index contributed by atoms with van der Waals surface area (Å²) in [4.78, 5) is 27.6. The molecule has 0 amide bonds. The van der Waals surface area contributed by atoms with Gasteiger partial charge in [0, 0.05) is 31.0 Å². The van der Waals surface area contributed by atoms with E-state index in [9.17, 15) is 9.59 Å². The summed E-state index contributed by atoms with van der Waals surface area (Å²) in [6, 6.07) is 14.6. The van der Waals surface area contributed by atoms with Gasteiger partial charge in [0.25, 0.3) is 5.56 Å². The molecule has 1 atom stereocenters. The van der Waals surface area contributed by atoms with Crippen LogP contribution < -0.4 is 20.9 Å². The third kappa shape index (κ3) is 3.15.